The lowest BCUT2D eigenvalue weighted by Crippen LogP contribution is -2.36. The van der Waals surface area contributed by atoms with Gasteiger partial charge in [0.2, 0.25) is 11.8 Å². The van der Waals surface area contributed by atoms with E-state index in [4.69, 9.17) is 9.15 Å². The molecule has 0 aliphatic carbocycles. The van der Waals surface area contributed by atoms with Gasteiger partial charge >= 0.3 is 0 Å². The second-order valence-electron chi connectivity index (χ2n) is 6.22. The van der Waals surface area contributed by atoms with Crippen molar-refractivity contribution in [3.63, 3.8) is 0 Å². The van der Waals surface area contributed by atoms with Crippen LogP contribution >= 0.6 is 0 Å². The molecule has 1 aromatic heterocycles. The predicted octanol–water partition coefficient (Wildman–Crippen LogP) is 3.60. The first-order chi connectivity index (χ1) is 11.6. The summed E-state index contributed by atoms with van der Waals surface area (Å²) >= 11 is 0. The van der Waals surface area contributed by atoms with Crippen molar-refractivity contribution in [1.29, 1.82) is 0 Å². The average molecular weight is 328 g/mol. The van der Waals surface area contributed by atoms with Crippen molar-refractivity contribution in [2.45, 2.75) is 45.6 Å². The van der Waals surface area contributed by atoms with Crippen molar-refractivity contribution in [2.75, 3.05) is 13.7 Å². The van der Waals surface area contributed by atoms with Gasteiger partial charge in [0.25, 0.3) is 0 Å². The van der Waals surface area contributed by atoms with E-state index >= 15 is 0 Å². The van der Waals surface area contributed by atoms with Crippen molar-refractivity contribution in [2.24, 2.45) is 0 Å². The van der Waals surface area contributed by atoms with Gasteiger partial charge in [-0.05, 0) is 50.5 Å². The van der Waals surface area contributed by atoms with Crippen LogP contribution in [0.15, 0.2) is 28.7 Å². The van der Waals surface area contributed by atoms with Crippen LogP contribution in [0, 0.1) is 6.92 Å². The maximum absolute atomic E-state index is 12.6. The zero-order valence-electron chi connectivity index (χ0n) is 14.5. The van der Waals surface area contributed by atoms with Gasteiger partial charge in [-0.2, -0.15) is 0 Å². The summed E-state index contributed by atoms with van der Waals surface area (Å²) in [6.45, 7) is 4.86. The molecule has 24 heavy (non-hydrogen) atoms. The Morgan fingerprint density at radius 1 is 1.38 bits per heavy atom. The van der Waals surface area contributed by atoms with E-state index in [1.165, 1.54) is 0 Å². The van der Waals surface area contributed by atoms with Crippen LogP contribution in [0.1, 0.15) is 37.6 Å². The molecule has 1 fully saturated rings. The van der Waals surface area contributed by atoms with Crippen LogP contribution in [-0.2, 0) is 11.2 Å². The Labute approximate surface area is 142 Å². The molecule has 0 N–H and O–H groups in total. The Bertz CT molecular complexity index is 706. The number of aromatic nitrogens is 1. The van der Waals surface area contributed by atoms with Crippen LogP contribution in [0.3, 0.4) is 0 Å². The van der Waals surface area contributed by atoms with Gasteiger partial charge in [-0.3, -0.25) is 4.79 Å². The Balaban J connectivity index is 1.75. The number of hydrogen-bond donors (Lipinski definition) is 0. The summed E-state index contributed by atoms with van der Waals surface area (Å²) in [7, 11) is 1.63. The highest BCUT2D eigenvalue weighted by Gasteiger charge is 2.28. The normalized spacial score (nSPS) is 17.3. The number of methoxy groups -OCH3 is 1. The van der Waals surface area contributed by atoms with Gasteiger partial charge in [0.15, 0.2) is 0 Å². The molecule has 0 spiro atoms. The molecule has 0 radical (unpaired) electrons. The van der Waals surface area contributed by atoms with E-state index in [2.05, 4.69) is 11.9 Å². The van der Waals surface area contributed by atoms with Gasteiger partial charge in [0.05, 0.1) is 19.2 Å². The van der Waals surface area contributed by atoms with Gasteiger partial charge in [-0.1, -0.05) is 6.92 Å². The molecule has 1 atom stereocenters. The first-order valence-corrected chi connectivity index (χ1v) is 8.52. The molecule has 0 bridgehead atoms. The Hall–Kier alpha value is -2.30. The number of benzene rings is 1. The molecule has 128 valence electrons. The molecule has 1 amide bonds. The monoisotopic (exact) mass is 328 g/mol. The summed E-state index contributed by atoms with van der Waals surface area (Å²) in [5.41, 5.74) is 1.61. The summed E-state index contributed by atoms with van der Waals surface area (Å²) in [6, 6.07) is 7.93. The zero-order chi connectivity index (χ0) is 17.1. The first kappa shape index (κ1) is 16.6. The van der Waals surface area contributed by atoms with Crippen LogP contribution in [0.5, 0.6) is 5.75 Å². The number of carbonyl (C=O) groups is 1. The van der Waals surface area contributed by atoms with E-state index in [1.807, 2.05) is 36.1 Å². The summed E-state index contributed by atoms with van der Waals surface area (Å²) in [4.78, 5) is 19.1. The first-order valence-electron chi connectivity index (χ1n) is 8.52. The fourth-order valence-corrected chi connectivity index (χ4v) is 3.28. The quantitative estimate of drug-likeness (QED) is 0.841. The predicted molar refractivity (Wildman–Crippen MR) is 92.0 cm³/mol. The lowest BCUT2D eigenvalue weighted by molar-refractivity contribution is -0.131. The number of hydrogen-bond acceptors (Lipinski definition) is 4. The van der Waals surface area contributed by atoms with Crippen LogP contribution in [0.4, 0.5) is 0 Å². The number of likely N-dealkylation sites (tertiary alicyclic amines) is 1. The smallest absolute Gasteiger partial charge is 0.228 e. The van der Waals surface area contributed by atoms with E-state index in [1.54, 1.807) is 7.11 Å². The highest BCUT2D eigenvalue weighted by Crippen LogP contribution is 2.26. The molecule has 3 rings (SSSR count). The average Bonchev–Trinajstić information content (AvgIpc) is 3.22. The highest BCUT2D eigenvalue weighted by molar-refractivity contribution is 5.79. The van der Waals surface area contributed by atoms with Gasteiger partial charge in [0.1, 0.15) is 11.5 Å². The maximum Gasteiger partial charge on any atom is 0.228 e. The highest BCUT2D eigenvalue weighted by atomic mass is 16.5. The molecule has 1 aliphatic heterocycles. The molecule has 0 saturated carbocycles. The van der Waals surface area contributed by atoms with E-state index in [-0.39, 0.29) is 5.91 Å². The summed E-state index contributed by atoms with van der Waals surface area (Å²) < 4.78 is 10.9. The SMILES string of the molecule is CCC1CCCN1C(=O)Cc1nc(-c2ccc(OC)cc2)oc1C. The van der Waals surface area contributed by atoms with Crippen LogP contribution in [0.25, 0.3) is 11.5 Å². The molecule has 1 unspecified atom stereocenters. The van der Waals surface area contributed by atoms with Crippen molar-refractivity contribution in [1.82, 2.24) is 9.88 Å². The molecule has 1 aliphatic rings. The summed E-state index contributed by atoms with van der Waals surface area (Å²) in [5, 5.41) is 0. The fourth-order valence-electron chi connectivity index (χ4n) is 3.28. The van der Waals surface area contributed by atoms with E-state index in [0.717, 1.165) is 42.8 Å². The van der Waals surface area contributed by atoms with Gasteiger partial charge in [0, 0.05) is 18.2 Å². The second kappa shape index (κ2) is 7.07. The third-order valence-corrected chi connectivity index (χ3v) is 4.72. The number of aryl methyl sites for hydroxylation is 1. The third kappa shape index (κ3) is 3.30. The van der Waals surface area contributed by atoms with E-state index in [9.17, 15) is 4.79 Å². The number of amides is 1. The van der Waals surface area contributed by atoms with Crippen molar-refractivity contribution in [3.05, 3.63) is 35.7 Å². The van der Waals surface area contributed by atoms with Gasteiger partial charge in [-0.15, -0.1) is 0 Å². The third-order valence-electron chi connectivity index (χ3n) is 4.72. The second-order valence-corrected chi connectivity index (χ2v) is 6.22. The Morgan fingerprint density at radius 2 is 2.12 bits per heavy atom. The van der Waals surface area contributed by atoms with Crippen LogP contribution < -0.4 is 4.74 Å². The molecule has 1 saturated heterocycles. The van der Waals surface area contributed by atoms with E-state index < -0.39 is 0 Å². The van der Waals surface area contributed by atoms with Crippen molar-refractivity contribution < 1.29 is 13.9 Å². The fraction of sp³-hybridized carbons (Fsp3) is 0.474. The minimum Gasteiger partial charge on any atom is -0.497 e. The maximum atomic E-state index is 12.6. The van der Waals surface area contributed by atoms with Crippen LogP contribution in [0.2, 0.25) is 0 Å². The summed E-state index contributed by atoms with van der Waals surface area (Å²) in [6.07, 6.45) is 3.53. The van der Waals surface area contributed by atoms with Crippen molar-refractivity contribution in [3.8, 4) is 17.2 Å². The minimum absolute atomic E-state index is 0.150. The molecule has 5 heteroatoms. The van der Waals surface area contributed by atoms with Crippen molar-refractivity contribution >= 4 is 5.91 Å². The van der Waals surface area contributed by atoms with Gasteiger partial charge in [-0.25, -0.2) is 4.98 Å². The topological polar surface area (TPSA) is 55.6 Å². The molecule has 1 aromatic carbocycles. The minimum atomic E-state index is 0.150. The van der Waals surface area contributed by atoms with Gasteiger partial charge < -0.3 is 14.1 Å². The lowest BCUT2D eigenvalue weighted by atomic mass is 10.1. The number of carbonyl (C=O) groups excluding carboxylic acids is 1. The zero-order valence-corrected chi connectivity index (χ0v) is 14.5. The van der Waals surface area contributed by atoms with Crippen LogP contribution in [-0.4, -0.2) is 35.5 Å². The summed E-state index contributed by atoms with van der Waals surface area (Å²) in [5.74, 6) is 2.20. The lowest BCUT2D eigenvalue weighted by Gasteiger charge is -2.23. The molecule has 2 heterocycles. The standard InChI is InChI=1S/C19H24N2O3/c1-4-15-6-5-11-21(15)18(22)12-17-13(2)24-19(20-17)14-7-9-16(23-3)10-8-14/h7-10,15H,4-6,11-12H2,1-3H3. The number of nitrogens with zero attached hydrogens (tertiary/aromatic N) is 2. The molecule has 2 aromatic rings. The number of rotatable bonds is 5. The number of oxazole rings is 1. The largest absolute Gasteiger partial charge is 0.497 e. The Morgan fingerprint density at radius 3 is 2.79 bits per heavy atom. The molecular weight excluding hydrogens is 304 g/mol. The molecule has 5 nitrogen and oxygen atoms in total. The molecular formula is C19H24N2O3. The van der Waals surface area contributed by atoms with E-state index in [0.29, 0.717) is 24.1 Å². The Kier molecular flexibility index (Phi) is 4.88. The number of ether oxygens (including phenoxy) is 1.